The van der Waals surface area contributed by atoms with E-state index in [1.165, 1.54) is 12.1 Å². The first-order valence-electron chi connectivity index (χ1n) is 5.76. The molecule has 1 heterocycles. The second-order valence-corrected chi connectivity index (χ2v) is 4.95. The van der Waals surface area contributed by atoms with Crippen LogP contribution < -0.4 is 10.1 Å². The summed E-state index contributed by atoms with van der Waals surface area (Å²) in [6, 6.07) is 10.1. The highest BCUT2D eigenvalue weighted by Gasteiger charge is 2.15. The van der Waals surface area contributed by atoms with Gasteiger partial charge in [-0.3, -0.25) is 14.9 Å². The van der Waals surface area contributed by atoms with Crippen molar-refractivity contribution in [3.8, 4) is 5.75 Å². The van der Waals surface area contributed by atoms with Crippen LogP contribution in [0.4, 0.5) is 5.00 Å². The Balaban J connectivity index is 2.03. The average Bonchev–Trinajstić information content (AvgIpc) is 2.95. The number of hydrogen-bond donors (Lipinski definition) is 1. The minimum Gasteiger partial charge on any atom is -0.496 e. The fourth-order valence-corrected chi connectivity index (χ4v) is 2.40. The summed E-state index contributed by atoms with van der Waals surface area (Å²) in [5.74, 6) is 0.346. The summed E-state index contributed by atoms with van der Waals surface area (Å²) >= 11 is 0.852. The summed E-state index contributed by atoms with van der Waals surface area (Å²) in [6.45, 7) is 0.300. The number of nitrogens with one attached hydrogen (secondary N) is 1. The topological polar surface area (TPSA) is 81.5 Å². The van der Waals surface area contributed by atoms with Crippen molar-refractivity contribution in [1.82, 2.24) is 5.32 Å². The Labute approximate surface area is 119 Å². The Morgan fingerprint density at radius 1 is 1.35 bits per heavy atom. The number of thiophene rings is 1. The Bertz CT molecular complexity index is 639. The highest BCUT2D eigenvalue weighted by Crippen LogP contribution is 2.24. The van der Waals surface area contributed by atoms with Gasteiger partial charge in [0, 0.05) is 18.2 Å². The molecule has 104 valence electrons. The quantitative estimate of drug-likeness (QED) is 0.678. The summed E-state index contributed by atoms with van der Waals surface area (Å²) in [4.78, 5) is 22.3. The molecule has 0 fully saturated rings. The molecule has 2 rings (SSSR count). The van der Waals surface area contributed by atoms with Gasteiger partial charge in [-0.2, -0.15) is 0 Å². The molecule has 1 N–H and O–H groups in total. The molecule has 1 aromatic carbocycles. The SMILES string of the molecule is COc1ccccc1CNC(=O)c1ccc([N+](=O)[O-])s1. The molecule has 0 aliphatic carbocycles. The predicted octanol–water partition coefficient (Wildman–Crippen LogP) is 2.59. The number of nitro groups is 1. The monoisotopic (exact) mass is 292 g/mol. The first kappa shape index (κ1) is 14.0. The van der Waals surface area contributed by atoms with Crippen molar-refractivity contribution in [2.24, 2.45) is 0 Å². The Morgan fingerprint density at radius 2 is 2.10 bits per heavy atom. The number of ether oxygens (including phenoxy) is 1. The van der Waals surface area contributed by atoms with Gasteiger partial charge in [0.05, 0.1) is 16.9 Å². The Morgan fingerprint density at radius 3 is 2.75 bits per heavy atom. The zero-order valence-electron chi connectivity index (χ0n) is 10.7. The van der Waals surface area contributed by atoms with Gasteiger partial charge in [0.2, 0.25) is 0 Å². The van der Waals surface area contributed by atoms with Gasteiger partial charge in [-0.1, -0.05) is 29.5 Å². The lowest BCUT2D eigenvalue weighted by molar-refractivity contribution is -0.380. The maximum Gasteiger partial charge on any atom is 0.324 e. The van der Waals surface area contributed by atoms with E-state index in [1.54, 1.807) is 13.2 Å². The summed E-state index contributed by atoms with van der Waals surface area (Å²) in [7, 11) is 1.56. The molecule has 0 unspecified atom stereocenters. The zero-order valence-corrected chi connectivity index (χ0v) is 11.5. The highest BCUT2D eigenvalue weighted by molar-refractivity contribution is 7.17. The normalized spacial score (nSPS) is 10.1. The van der Waals surface area contributed by atoms with Crippen LogP contribution in [0.1, 0.15) is 15.2 Å². The second-order valence-electron chi connectivity index (χ2n) is 3.89. The number of carbonyl (C=O) groups is 1. The number of nitrogens with zero attached hydrogens (tertiary/aromatic N) is 1. The van der Waals surface area contributed by atoms with E-state index >= 15 is 0 Å². The lowest BCUT2D eigenvalue weighted by Crippen LogP contribution is -2.22. The van der Waals surface area contributed by atoms with Crippen molar-refractivity contribution in [3.05, 3.63) is 57.0 Å². The van der Waals surface area contributed by atoms with Crippen molar-refractivity contribution in [2.45, 2.75) is 6.54 Å². The minimum absolute atomic E-state index is 0.0487. The number of para-hydroxylation sites is 1. The summed E-state index contributed by atoms with van der Waals surface area (Å²) in [5, 5.41) is 13.2. The van der Waals surface area contributed by atoms with Crippen molar-refractivity contribution in [1.29, 1.82) is 0 Å². The third-order valence-electron chi connectivity index (χ3n) is 2.63. The molecular formula is C13H12N2O4S. The van der Waals surface area contributed by atoms with Crippen LogP contribution in [0.5, 0.6) is 5.75 Å². The lowest BCUT2D eigenvalue weighted by Gasteiger charge is -2.08. The molecular weight excluding hydrogens is 280 g/mol. The van der Waals surface area contributed by atoms with Gasteiger partial charge in [0.1, 0.15) is 5.75 Å². The molecule has 0 spiro atoms. The van der Waals surface area contributed by atoms with E-state index in [9.17, 15) is 14.9 Å². The Hall–Kier alpha value is -2.41. The number of benzene rings is 1. The summed E-state index contributed by atoms with van der Waals surface area (Å²) < 4.78 is 5.18. The van der Waals surface area contributed by atoms with Gasteiger partial charge in [-0.25, -0.2) is 0 Å². The van der Waals surface area contributed by atoms with E-state index in [0.717, 1.165) is 16.9 Å². The first-order chi connectivity index (χ1) is 9.61. The molecule has 0 aliphatic rings. The first-order valence-corrected chi connectivity index (χ1v) is 6.58. The molecule has 0 saturated heterocycles. The van der Waals surface area contributed by atoms with Gasteiger partial charge in [-0.15, -0.1) is 0 Å². The van der Waals surface area contributed by atoms with E-state index in [1.807, 2.05) is 18.2 Å². The molecule has 0 radical (unpaired) electrons. The third kappa shape index (κ3) is 3.12. The molecule has 1 amide bonds. The van der Waals surface area contributed by atoms with Gasteiger partial charge < -0.3 is 10.1 Å². The van der Waals surface area contributed by atoms with Crippen LogP contribution in [-0.4, -0.2) is 17.9 Å². The summed E-state index contributed by atoms with van der Waals surface area (Å²) in [6.07, 6.45) is 0. The zero-order chi connectivity index (χ0) is 14.5. The van der Waals surface area contributed by atoms with Crippen LogP contribution in [0.25, 0.3) is 0 Å². The summed E-state index contributed by atoms with van der Waals surface area (Å²) in [5.41, 5.74) is 0.842. The fourth-order valence-electron chi connectivity index (χ4n) is 1.66. The van der Waals surface area contributed by atoms with Crippen molar-refractivity contribution >= 4 is 22.2 Å². The van der Waals surface area contributed by atoms with Crippen LogP contribution in [0.2, 0.25) is 0 Å². The number of methoxy groups -OCH3 is 1. The van der Waals surface area contributed by atoms with Crippen molar-refractivity contribution < 1.29 is 14.5 Å². The standard InChI is InChI=1S/C13H12N2O4S/c1-19-10-5-3-2-4-9(10)8-14-13(16)11-6-7-12(20-11)15(17)18/h2-7H,8H2,1H3,(H,14,16). The number of amides is 1. The lowest BCUT2D eigenvalue weighted by atomic mass is 10.2. The second kappa shape index (κ2) is 6.16. The predicted molar refractivity (Wildman–Crippen MR) is 75.1 cm³/mol. The van der Waals surface area contributed by atoms with Crippen LogP contribution in [0.3, 0.4) is 0 Å². The molecule has 1 aromatic heterocycles. The van der Waals surface area contributed by atoms with Gasteiger partial charge in [-0.05, 0) is 12.1 Å². The van der Waals surface area contributed by atoms with Crippen LogP contribution in [0, 0.1) is 10.1 Å². The largest absolute Gasteiger partial charge is 0.496 e. The van der Waals surface area contributed by atoms with Gasteiger partial charge in [0.25, 0.3) is 5.91 Å². The number of carbonyl (C=O) groups excluding carboxylic acids is 1. The molecule has 2 aromatic rings. The Kier molecular flexibility index (Phi) is 4.31. The van der Waals surface area contributed by atoms with Gasteiger partial charge >= 0.3 is 5.00 Å². The van der Waals surface area contributed by atoms with Crippen LogP contribution in [-0.2, 0) is 6.54 Å². The molecule has 0 aliphatic heterocycles. The highest BCUT2D eigenvalue weighted by atomic mass is 32.1. The fraction of sp³-hybridized carbons (Fsp3) is 0.154. The van der Waals surface area contributed by atoms with E-state index in [-0.39, 0.29) is 10.9 Å². The molecule has 0 saturated carbocycles. The minimum atomic E-state index is -0.512. The van der Waals surface area contributed by atoms with Crippen LogP contribution in [0.15, 0.2) is 36.4 Å². The average molecular weight is 292 g/mol. The third-order valence-corrected chi connectivity index (χ3v) is 3.66. The smallest absolute Gasteiger partial charge is 0.324 e. The maximum atomic E-state index is 11.9. The van der Waals surface area contributed by atoms with E-state index in [0.29, 0.717) is 17.2 Å². The molecule has 0 atom stereocenters. The molecule has 0 bridgehead atoms. The van der Waals surface area contributed by atoms with Gasteiger partial charge in [0.15, 0.2) is 0 Å². The molecule has 7 heteroatoms. The van der Waals surface area contributed by atoms with Crippen molar-refractivity contribution in [3.63, 3.8) is 0 Å². The van der Waals surface area contributed by atoms with E-state index in [4.69, 9.17) is 4.74 Å². The van der Waals surface area contributed by atoms with Crippen molar-refractivity contribution in [2.75, 3.05) is 7.11 Å². The van der Waals surface area contributed by atoms with E-state index < -0.39 is 4.92 Å². The number of hydrogen-bond acceptors (Lipinski definition) is 5. The number of rotatable bonds is 5. The molecule has 20 heavy (non-hydrogen) atoms. The molecule has 6 nitrogen and oxygen atoms in total. The van der Waals surface area contributed by atoms with E-state index in [2.05, 4.69) is 5.32 Å². The maximum absolute atomic E-state index is 11.9. The van der Waals surface area contributed by atoms with Crippen LogP contribution >= 0.6 is 11.3 Å².